The quantitative estimate of drug-likeness (QED) is 0.618. The molecule has 4 rings (SSSR count). The summed E-state index contributed by atoms with van der Waals surface area (Å²) in [6.07, 6.45) is 4.08. The lowest BCUT2D eigenvalue weighted by molar-refractivity contribution is 1.03. The molecular formula is C20H17N3. The molecule has 0 bridgehead atoms. The predicted octanol–water partition coefficient (Wildman–Crippen LogP) is 4.13. The van der Waals surface area contributed by atoms with Crippen molar-refractivity contribution in [3.63, 3.8) is 0 Å². The van der Waals surface area contributed by atoms with Gasteiger partial charge in [-0.1, -0.05) is 60.7 Å². The maximum atomic E-state index is 5.70. The summed E-state index contributed by atoms with van der Waals surface area (Å²) < 4.78 is 2.03. The zero-order valence-corrected chi connectivity index (χ0v) is 12.7. The van der Waals surface area contributed by atoms with Gasteiger partial charge in [-0.05, 0) is 22.8 Å². The monoisotopic (exact) mass is 299 g/mol. The van der Waals surface area contributed by atoms with Crippen LogP contribution in [0.1, 0.15) is 5.56 Å². The molecule has 0 unspecified atom stereocenters. The van der Waals surface area contributed by atoms with Crippen LogP contribution in [-0.4, -0.2) is 9.38 Å². The molecule has 2 aromatic heterocycles. The van der Waals surface area contributed by atoms with Crippen molar-refractivity contribution in [2.75, 3.05) is 0 Å². The second-order valence-corrected chi connectivity index (χ2v) is 5.58. The van der Waals surface area contributed by atoms with Gasteiger partial charge in [0.15, 0.2) is 0 Å². The lowest BCUT2D eigenvalue weighted by Gasteiger charge is -2.02. The first-order valence-corrected chi connectivity index (χ1v) is 7.67. The van der Waals surface area contributed by atoms with E-state index < -0.39 is 0 Å². The summed E-state index contributed by atoms with van der Waals surface area (Å²) in [5, 5.41) is 0. The second-order valence-electron chi connectivity index (χ2n) is 5.58. The Morgan fingerprint density at radius 1 is 0.739 bits per heavy atom. The SMILES string of the molecule is NCc1ccc2nc(-c3ccc(-c4ccccc4)cc3)cn2c1. The van der Waals surface area contributed by atoms with E-state index in [0.717, 1.165) is 22.5 Å². The summed E-state index contributed by atoms with van der Waals surface area (Å²) in [5.74, 6) is 0. The van der Waals surface area contributed by atoms with Gasteiger partial charge < -0.3 is 10.1 Å². The van der Waals surface area contributed by atoms with Gasteiger partial charge >= 0.3 is 0 Å². The van der Waals surface area contributed by atoms with Crippen LogP contribution in [0.5, 0.6) is 0 Å². The number of nitrogens with two attached hydrogens (primary N) is 1. The Bertz CT molecular complexity index is 938. The van der Waals surface area contributed by atoms with Crippen molar-refractivity contribution in [2.24, 2.45) is 5.73 Å². The van der Waals surface area contributed by atoms with Gasteiger partial charge in [-0.3, -0.25) is 0 Å². The Morgan fingerprint density at radius 2 is 1.43 bits per heavy atom. The van der Waals surface area contributed by atoms with E-state index in [0.29, 0.717) is 6.54 Å². The fourth-order valence-corrected chi connectivity index (χ4v) is 2.76. The minimum atomic E-state index is 0.537. The topological polar surface area (TPSA) is 43.3 Å². The van der Waals surface area contributed by atoms with Crippen LogP contribution < -0.4 is 5.73 Å². The lowest BCUT2D eigenvalue weighted by atomic mass is 10.0. The molecule has 0 aliphatic rings. The normalized spacial score (nSPS) is 11.0. The molecule has 0 amide bonds. The van der Waals surface area contributed by atoms with Gasteiger partial charge in [-0.2, -0.15) is 0 Å². The molecule has 4 aromatic rings. The summed E-state index contributed by atoms with van der Waals surface area (Å²) in [4.78, 5) is 4.68. The maximum Gasteiger partial charge on any atom is 0.137 e. The first-order valence-electron chi connectivity index (χ1n) is 7.67. The number of benzene rings is 2. The molecule has 3 heteroatoms. The number of hydrogen-bond acceptors (Lipinski definition) is 2. The average Bonchev–Trinajstić information content (AvgIpc) is 3.05. The van der Waals surface area contributed by atoms with E-state index in [1.807, 2.05) is 35.0 Å². The number of fused-ring (bicyclic) bond motifs is 1. The van der Waals surface area contributed by atoms with Gasteiger partial charge in [0, 0.05) is 24.5 Å². The van der Waals surface area contributed by atoms with Crippen LogP contribution in [0, 0.1) is 0 Å². The van der Waals surface area contributed by atoms with Gasteiger partial charge in [0.2, 0.25) is 0 Å². The van der Waals surface area contributed by atoms with Crippen molar-refractivity contribution >= 4 is 5.65 Å². The van der Waals surface area contributed by atoms with Crippen LogP contribution in [0.4, 0.5) is 0 Å². The summed E-state index contributed by atoms with van der Waals surface area (Å²) in [6.45, 7) is 0.537. The highest BCUT2D eigenvalue weighted by atomic mass is 15.0. The van der Waals surface area contributed by atoms with Crippen LogP contribution >= 0.6 is 0 Å². The predicted molar refractivity (Wildman–Crippen MR) is 94.0 cm³/mol. The van der Waals surface area contributed by atoms with E-state index in [9.17, 15) is 0 Å². The number of aromatic nitrogens is 2. The zero-order valence-electron chi connectivity index (χ0n) is 12.7. The maximum absolute atomic E-state index is 5.70. The summed E-state index contributed by atoms with van der Waals surface area (Å²) in [7, 11) is 0. The van der Waals surface area contributed by atoms with Crippen molar-refractivity contribution in [1.82, 2.24) is 9.38 Å². The molecule has 0 aliphatic carbocycles. The Hall–Kier alpha value is -2.91. The molecule has 0 saturated carbocycles. The van der Waals surface area contributed by atoms with Crippen molar-refractivity contribution in [3.05, 3.63) is 84.7 Å². The standard InChI is InChI=1S/C20H17N3/c21-12-15-6-11-20-22-19(14-23(20)13-15)18-9-7-17(8-10-18)16-4-2-1-3-5-16/h1-11,13-14H,12,21H2. The molecule has 0 saturated heterocycles. The molecule has 3 nitrogen and oxygen atoms in total. The molecule has 0 aliphatic heterocycles. The minimum absolute atomic E-state index is 0.537. The van der Waals surface area contributed by atoms with E-state index in [1.54, 1.807) is 0 Å². The highest BCUT2D eigenvalue weighted by Gasteiger charge is 2.05. The first-order chi connectivity index (χ1) is 11.3. The largest absolute Gasteiger partial charge is 0.326 e. The number of rotatable bonds is 3. The molecule has 112 valence electrons. The second kappa shape index (κ2) is 5.71. The third-order valence-electron chi connectivity index (χ3n) is 4.04. The van der Waals surface area contributed by atoms with Gasteiger partial charge in [-0.15, -0.1) is 0 Å². The smallest absolute Gasteiger partial charge is 0.137 e. The Morgan fingerprint density at radius 3 is 2.17 bits per heavy atom. The van der Waals surface area contributed by atoms with Gasteiger partial charge in [0.05, 0.1) is 5.69 Å². The molecule has 0 fully saturated rings. The Balaban J connectivity index is 1.70. The third-order valence-corrected chi connectivity index (χ3v) is 4.04. The molecular weight excluding hydrogens is 282 g/mol. The van der Waals surface area contributed by atoms with E-state index in [-0.39, 0.29) is 0 Å². The number of hydrogen-bond donors (Lipinski definition) is 1. The van der Waals surface area contributed by atoms with Crippen molar-refractivity contribution in [2.45, 2.75) is 6.54 Å². The Labute approximate surface area is 135 Å². The fourth-order valence-electron chi connectivity index (χ4n) is 2.76. The summed E-state index contributed by atoms with van der Waals surface area (Å²) in [5.41, 5.74) is 12.2. The van der Waals surface area contributed by atoms with Gasteiger partial charge in [0.25, 0.3) is 0 Å². The van der Waals surface area contributed by atoms with Crippen molar-refractivity contribution in [3.8, 4) is 22.4 Å². The summed E-state index contributed by atoms with van der Waals surface area (Å²) >= 11 is 0. The van der Waals surface area contributed by atoms with E-state index in [2.05, 4.69) is 53.5 Å². The third kappa shape index (κ3) is 2.62. The molecule has 0 spiro atoms. The molecule has 0 radical (unpaired) electrons. The number of nitrogens with zero attached hydrogens (tertiary/aromatic N) is 2. The van der Waals surface area contributed by atoms with Crippen LogP contribution in [0.25, 0.3) is 28.0 Å². The van der Waals surface area contributed by atoms with Crippen molar-refractivity contribution in [1.29, 1.82) is 0 Å². The molecule has 2 aromatic carbocycles. The lowest BCUT2D eigenvalue weighted by Crippen LogP contribution is -1.97. The zero-order chi connectivity index (χ0) is 15.6. The van der Waals surface area contributed by atoms with Crippen LogP contribution in [0.15, 0.2) is 79.1 Å². The molecule has 0 atom stereocenters. The van der Waals surface area contributed by atoms with E-state index in [4.69, 9.17) is 5.73 Å². The number of imidazole rings is 1. The van der Waals surface area contributed by atoms with Crippen LogP contribution in [0.2, 0.25) is 0 Å². The molecule has 2 N–H and O–H groups in total. The fraction of sp³-hybridized carbons (Fsp3) is 0.0500. The summed E-state index contributed by atoms with van der Waals surface area (Å²) in [6, 6.07) is 22.9. The van der Waals surface area contributed by atoms with Crippen LogP contribution in [0.3, 0.4) is 0 Å². The number of pyridine rings is 1. The highest BCUT2D eigenvalue weighted by Crippen LogP contribution is 2.24. The minimum Gasteiger partial charge on any atom is -0.326 e. The van der Waals surface area contributed by atoms with E-state index >= 15 is 0 Å². The van der Waals surface area contributed by atoms with Crippen LogP contribution in [-0.2, 0) is 6.54 Å². The average molecular weight is 299 g/mol. The molecule has 2 heterocycles. The van der Waals surface area contributed by atoms with Crippen molar-refractivity contribution < 1.29 is 0 Å². The van der Waals surface area contributed by atoms with E-state index in [1.165, 1.54) is 11.1 Å². The highest BCUT2D eigenvalue weighted by molar-refractivity contribution is 5.69. The van der Waals surface area contributed by atoms with Gasteiger partial charge in [0.1, 0.15) is 5.65 Å². The Kier molecular flexibility index (Phi) is 3.41. The molecule has 23 heavy (non-hydrogen) atoms. The first kappa shape index (κ1) is 13.7. The van der Waals surface area contributed by atoms with Gasteiger partial charge in [-0.25, -0.2) is 4.98 Å².